The molecule has 0 unspecified atom stereocenters. The highest BCUT2D eigenvalue weighted by Gasteiger charge is 2.35. The van der Waals surface area contributed by atoms with E-state index in [4.69, 9.17) is 4.42 Å². The number of ether oxygens (including phenoxy) is 1. The Morgan fingerprint density at radius 3 is 2.55 bits per heavy atom. The molecule has 0 aliphatic carbocycles. The molecule has 1 aliphatic heterocycles. The zero-order chi connectivity index (χ0) is 23.4. The summed E-state index contributed by atoms with van der Waals surface area (Å²) in [6.07, 6.45) is -3.90. The molecule has 0 bridgehead atoms. The molecule has 2 heterocycles. The first-order chi connectivity index (χ1) is 15.8. The molecule has 172 valence electrons. The third-order valence-corrected chi connectivity index (χ3v) is 5.03. The lowest BCUT2D eigenvalue weighted by atomic mass is 10.1. The van der Waals surface area contributed by atoms with Crippen LogP contribution in [0.4, 0.5) is 24.9 Å². The Morgan fingerprint density at radius 1 is 1.12 bits per heavy atom. The van der Waals surface area contributed by atoms with Gasteiger partial charge < -0.3 is 14.1 Å². The van der Waals surface area contributed by atoms with Gasteiger partial charge in [0.2, 0.25) is 17.7 Å². The van der Waals surface area contributed by atoms with Crippen molar-refractivity contribution in [1.29, 1.82) is 0 Å². The second-order valence-electron chi connectivity index (χ2n) is 7.43. The molecule has 33 heavy (non-hydrogen) atoms. The van der Waals surface area contributed by atoms with Gasteiger partial charge in [-0.1, -0.05) is 35.4 Å². The maximum absolute atomic E-state index is 12.4. The van der Waals surface area contributed by atoms with Gasteiger partial charge in [-0.25, -0.2) is 0 Å². The highest BCUT2D eigenvalue weighted by molar-refractivity contribution is 5.96. The normalized spacial score (nSPS) is 16.2. The number of amides is 2. The second kappa shape index (κ2) is 9.31. The van der Waals surface area contributed by atoms with Gasteiger partial charge in [-0.15, -0.1) is 18.3 Å². The molecular formula is C22H19F3N4O4. The fraction of sp³-hybridized carbons (Fsp3) is 0.273. The standard InChI is InChI=1S/C22H19F3N4O4/c23-22(24,25)33-17-9-7-16(8-10-17)29-13-15(12-19(29)31)20-27-28-21(32-20)26-18(30)11-6-14-4-2-1-3-5-14/h1-5,7-10,15H,6,11-13H2,(H,26,28,30)/t15-/m1/s1. The number of hydrogen-bond donors (Lipinski definition) is 1. The number of carbonyl (C=O) groups excluding carboxylic acids is 2. The van der Waals surface area contributed by atoms with E-state index < -0.39 is 12.3 Å². The Kier molecular flexibility index (Phi) is 6.29. The molecule has 1 aliphatic rings. The van der Waals surface area contributed by atoms with Crippen LogP contribution in [0.15, 0.2) is 59.0 Å². The van der Waals surface area contributed by atoms with Gasteiger partial charge in [0.15, 0.2) is 0 Å². The molecule has 0 saturated carbocycles. The van der Waals surface area contributed by atoms with E-state index in [1.807, 2.05) is 30.3 Å². The van der Waals surface area contributed by atoms with Crippen LogP contribution in [-0.2, 0) is 16.0 Å². The average Bonchev–Trinajstić information content (AvgIpc) is 3.39. The van der Waals surface area contributed by atoms with Crippen LogP contribution in [0.5, 0.6) is 5.75 Å². The van der Waals surface area contributed by atoms with Crippen LogP contribution in [-0.4, -0.2) is 34.9 Å². The van der Waals surface area contributed by atoms with E-state index in [1.54, 1.807) is 0 Å². The molecule has 11 heteroatoms. The van der Waals surface area contributed by atoms with Gasteiger partial charge >= 0.3 is 12.4 Å². The highest BCUT2D eigenvalue weighted by atomic mass is 19.4. The van der Waals surface area contributed by atoms with Crippen molar-refractivity contribution in [3.63, 3.8) is 0 Å². The number of nitrogens with zero attached hydrogens (tertiary/aromatic N) is 3. The number of hydrogen-bond acceptors (Lipinski definition) is 6. The van der Waals surface area contributed by atoms with Crippen molar-refractivity contribution in [1.82, 2.24) is 10.2 Å². The Hall–Kier alpha value is -3.89. The minimum absolute atomic E-state index is 0.0531. The van der Waals surface area contributed by atoms with E-state index in [9.17, 15) is 22.8 Å². The fourth-order valence-electron chi connectivity index (χ4n) is 3.48. The lowest BCUT2D eigenvalue weighted by Crippen LogP contribution is -2.24. The van der Waals surface area contributed by atoms with Gasteiger partial charge in [0.1, 0.15) is 5.75 Å². The van der Waals surface area contributed by atoms with Gasteiger partial charge in [0.25, 0.3) is 0 Å². The number of carbonyl (C=O) groups is 2. The van der Waals surface area contributed by atoms with Gasteiger partial charge in [0, 0.05) is 25.1 Å². The molecule has 0 spiro atoms. The van der Waals surface area contributed by atoms with E-state index in [0.717, 1.165) is 17.7 Å². The number of aromatic nitrogens is 2. The molecule has 1 fully saturated rings. The lowest BCUT2D eigenvalue weighted by Gasteiger charge is -2.17. The van der Waals surface area contributed by atoms with Gasteiger partial charge in [-0.3, -0.25) is 14.9 Å². The molecule has 2 aromatic carbocycles. The van der Waals surface area contributed by atoms with Crippen molar-refractivity contribution in [2.45, 2.75) is 31.5 Å². The number of benzene rings is 2. The van der Waals surface area contributed by atoms with Crippen LogP contribution in [0, 0.1) is 0 Å². The maximum Gasteiger partial charge on any atom is 0.573 e. The fourth-order valence-corrected chi connectivity index (χ4v) is 3.48. The van der Waals surface area contributed by atoms with Crippen molar-refractivity contribution in [3.8, 4) is 5.75 Å². The zero-order valence-electron chi connectivity index (χ0n) is 17.2. The monoisotopic (exact) mass is 460 g/mol. The summed E-state index contributed by atoms with van der Waals surface area (Å²) in [6, 6.07) is 14.5. The zero-order valence-corrected chi connectivity index (χ0v) is 17.2. The third kappa shape index (κ3) is 5.88. The summed E-state index contributed by atoms with van der Waals surface area (Å²) in [4.78, 5) is 26.0. The molecule has 1 saturated heterocycles. The van der Waals surface area contributed by atoms with E-state index in [2.05, 4.69) is 20.3 Å². The summed E-state index contributed by atoms with van der Waals surface area (Å²) in [5.74, 6) is -1.11. The predicted octanol–water partition coefficient (Wildman–Crippen LogP) is 4.06. The number of nitrogens with one attached hydrogen (secondary N) is 1. The van der Waals surface area contributed by atoms with E-state index >= 15 is 0 Å². The van der Waals surface area contributed by atoms with Crippen LogP contribution < -0.4 is 15.0 Å². The van der Waals surface area contributed by atoms with Crippen molar-refractivity contribution < 1.29 is 31.9 Å². The molecule has 1 aromatic heterocycles. The number of anilines is 2. The summed E-state index contributed by atoms with van der Waals surface area (Å²) < 4.78 is 46.3. The number of alkyl halides is 3. The Bertz CT molecular complexity index is 1120. The van der Waals surface area contributed by atoms with Crippen molar-refractivity contribution in [2.75, 3.05) is 16.8 Å². The summed E-state index contributed by atoms with van der Waals surface area (Å²) in [7, 11) is 0. The summed E-state index contributed by atoms with van der Waals surface area (Å²) in [6.45, 7) is 0.210. The Morgan fingerprint density at radius 2 is 1.85 bits per heavy atom. The molecular weight excluding hydrogens is 441 g/mol. The predicted molar refractivity (Wildman–Crippen MR) is 111 cm³/mol. The number of halogens is 3. The SMILES string of the molecule is O=C(CCc1ccccc1)Nc1nnc([C@@H]2CC(=O)N(c3ccc(OC(F)(F)F)cc3)C2)o1. The Labute approximate surface area is 186 Å². The molecule has 4 rings (SSSR count). The van der Waals surface area contributed by atoms with Crippen LogP contribution in [0.2, 0.25) is 0 Å². The van der Waals surface area contributed by atoms with Crippen molar-refractivity contribution >= 4 is 23.5 Å². The van der Waals surface area contributed by atoms with Crippen LogP contribution in [0.3, 0.4) is 0 Å². The molecule has 0 radical (unpaired) electrons. The highest BCUT2D eigenvalue weighted by Crippen LogP contribution is 2.33. The molecule has 2 amide bonds. The second-order valence-corrected chi connectivity index (χ2v) is 7.43. The van der Waals surface area contributed by atoms with Gasteiger partial charge in [0.05, 0.1) is 5.92 Å². The summed E-state index contributed by atoms with van der Waals surface area (Å²) >= 11 is 0. The number of aryl methyl sites for hydroxylation is 1. The third-order valence-electron chi connectivity index (χ3n) is 5.03. The van der Waals surface area contributed by atoms with Crippen LogP contribution in [0.25, 0.3) is 0 Å². The summed E-state index contributed by atoms with van der Waals surface area (Å²) in [5.41, 5.74) is 1.45. The molecule has 1 N–H and O–H groups in total. The Balaban J connectivity index is 1.33. The smallest absolute Gasteiger partial charge is 0.407 e. The molecule has 3 aromatic rings. The minimum Gasteiger partial charge on any atom is -0.407 e. The van der Waals surface area contributed by atoms with Crippen LogP contribution >= 0.6 is 0 Å². The number of rotatable bonds is 7. The minimum atomic E-state index is -4.79. The quantitative estimate of drug-likeness (QED) is 0.571. The van der Waals surface area contributed by atoms with E-state index in [1.165, 1.54) is 17.0 Å². The van der Waals surface area contributed by atoms with Gasteiger partial charge in [-0.2, -0.15) is 0 Å². The van der Waals surface area contributed by atoms with Crippen LogP contribution in [0.1, 0.15) is 30.2 Å². The van der Waals surface area contributed by atoms with E-state index in [-0.39, 0.29) is 48.9 Å². The van der Waals surface area contributed by atoms with E-state index in [0.29, 0.717) is 12.1 Å². The first-order valence-electron chi connectivity index (χ1n) is 10.1. The first kappa shape index (κ1) is 22.3. The topological polar surface area (TPSA) is 97.6 Å². The van der Waals surface area contributed by atoms with Crippen molar-refractivity contribution in [3.05, 3.63) is 66.1 Å². The van der Waals surface area contributed by atoms with Crippen molar-refractivity contribution in [2.24, 2.45) is 0 Å². The van der Waals surface area contributed by atoms with Gasteiger partial charge in [-0.05, 0) is 36.2 Å². The maximum atomic E-state index is 12.4. The summed E-state index contributed by atoms with van der Waals surface area (Å²) in [5, 5.41) is 10.3. The molecule has 8 nitrogen and oxygen atoms in total. The largest absolute Gasteiger partial charge is 0.573 e. The lowest BCUT2D eigenvalue weighted by molar-refractivity contribution is -0.274. The first-order valence-corrected chi connectivity index (χ1v) is 10.1. The molecule has 1 atom stereocenters. The average molecular weight is 460 g/mol.